The minimum atomic E-state index is -1.24. The lowest BCUT2D eigenvalue weighted by Gasteiger charge is -2.28. The maximum Gasteiger partial charge on any atom is 0.185 e. The Bertz CT molecular complexity index is 118. The number of aliphatic hydroxyl groups is 2. The van der Waals surface area contributed by atoms with Gasteiger partial charge in [0, 0.05) is 28.4 Å². The van der Waals surface area contributed by atoms with Crippen molar-refractivity contribution in [2.75, 3.05) is 28.4 Å². The van der Waals surface area contributed by atoms with Crippen LogP contribution in [0.5, 0.6) is 0 Å². The summed E-state index contributed by atoms with van der Waals surface area (Å²) in [6.07, 6.45) is -4.32. The first-order valence-corrected chi connectivity index (χ1v) is 4.09. The van der Waals surface area contributed by atoms with Crippen LogP contribution >= 0.6 is 0 Å². The van der Waals surface area contributed by atoms with Crippen LogP contribution in [-0.2, 0) is 18.9 Å². The molecule has 0 fully saturated rings. The molecule has 6 nitrogen and oxygen atoms in total. The second-order valence-corrected chi connectivity index (χ2v) is 2.66. The monoisotopic (exact) mass is 210 g/mol. The van der Waals surface area contributed by atoms with Gasteiger partial charge in [0.25, 0.3) is 0 Å². The van der Waals surface area contributed by atoms with Crippen molar-refractivity contribution in [3.05, 3.63) is 0 Å². The topological polar surface area (TPSA) is 77.4 Å². The summed E-state index contributed by atoms with van der Waals surface area (Å²) in [7, 11) is 5.44. The Balaban J connectivity index is 4.26. The molecule has 0 aromatic carbocycles. The first kappa shape index (κ1) is 13.8. The number of hydrogen-bond acceptors (Lipinski definition) is 6. The molecule has 0 saturated carbocycles. The Morgan fingerprint density at radius 2 is 0.857 bits per heavy atom. The average molecular weight is 210 g/mol. The van der Waals surface area contributed by atoms with Crippen molar-refractivity contribution in [3.63, 3.8) is 0 Å². The van der Waals surface area contributed by atoms with Crippen molar-refractivity contribution in [2.24, 2.45) is 0 Å². The molecule has 0 spiro atoms. The van der Waals surface area contributed by atoms with Gasteiger partial charge in [0.2, 0.25) is 0 Å². The number of rotatable bonds is 7. The molecule has 0 aliphatic rings. The Hall–Kier alpha value is -0.240. The minimum Gasteiger partial charge on any atom is -0.385 e. The van der Waals surface area contributed by atoms with Crippen LogP contribution in [0.15, 0.2) is 0 Å². The smallest absolute Gasteiger partial charge is 0.185 e. The highest BCUT2D eigenvalue weighted by Gasteiger charge is 2.32. The van der Waals surface area contributed by atoms with Gasteiger partial charge in [0.1, 0.15) is 12.2 Å². The quantitative estimate of drug-likeness (QED) is 0.522. The molecule has 2 atom stereocenters. The van der Waals surface area contributed by atoms with Gasteiger partial charge in [0.05, 0.1) is 0 Å². The molecule has 0 rings (SSSR count). The van der Waals surface area contributed by atoms with Gasteiger partial charge in [-0.15, -0.1) is 0 Å². The van der Waals surface area contributed by atoms with Crippen molar-refractivity contribution in [3.8, 4) is 0 Å². The summed E-state index contributed by atoms with van der Waals surface area (Å²) >= 11 is 0. The number of methoxy groups -OCH3 is 4. The van der Waals surface area contributed by atoms with E-state index in [1.165, 1.54) is 28.4 Å². The second-order valence-electron chi connectivity index (χ2n) is 2.66. The van der Waals surface area contributed by atoms with E-state index in [4.69, 9.17) is 18.9 Å². The maximum absolute atomic E-state index is 9.55. The fourth-order valence-corrected chi connectivity index (χ4v) is 1.07. The first-order chi connectivity index (χ1) is 6.62. The number of ether oxygens (including phenoxy) is 4. The molecule has 2 unspecified atom stereocenters. The predicted octanol–water partition coefficient (Wildman–Crippen LogP) is -1.05. The maximum atomic E-state index is 9.55. The Labute approximate surface area is 83.3 Å². The second kappa shape index (κ2) is 7.10. The molecule has 14 heavy (non-hydrogen) atoms. The van der Waals surface area contributed by atoms with Crippen molar-refractivity contribution in [1.82, 2.24) is 0 Å². The Morgan fingerprint density at radius 1 is 0.643 bits per heavy atom. The largest absolute Gasteiger partial charge is 0.385 e. The van der Waals surface area contributed by atoms with Gasteiger partial charge in [-0.05, 0) is 0 Å². The number of hydrogen-bond donors (Lipinski definition) is 2. The normalized spacial score (nSPS) is 16.3. The van der Waals surface area contributed by atoms with E-state index in [-0.39, 0.29) is 0 Å². The molecule has 0 bridgehead atoms. The van der Waals surface area contributed by atoms with Gasteiger partial charge in [-0.2, -0.15) is 0 Å². The van der Waals surface area contributed by atoms with Crippen molar-refractivity contribution >= 4 is 0 Å². The molecule has 0 aliphatic heterocycles. The molecule has 0 saturated heterocycles. The number of aliphatic hydroxyl groups excluding tert-OH is 2. The molecule has 2 N–H and O–H groups in total. The Morgan fingerprint density at radius 3 is 1.00 bits per heavy atom. The van der Waals surface area contributed by atoms with Gasteiger partial charge < -0.3 is 29.2 Å². The van der Waals surface area contributed by atoms with Crippen molar-refractivity contribution in [2.45, 2.75) is 24.8 Å². The van der Waals surface area contributed by atoms with Gasteiger partial charge in [-0.25, -0.2) is 0 Å². The van der Waals surface area contributed by atoms with E-state index in [0.29, 0.717) is 0 Å². The van der Waals surface area contributed by atoms with E-state index in [1.54, 1.807) is 0 Å². The van der Waals surface area contributed by atoms with Gasteiger partial charge in [0.15, 0.2) is 12.6 Å². The summed E-state index contributed by atoms with van der Waals surface area (Å²) in [5.74, 6) is 0. The van der Waals surface area contributed by atoms with E-state index in [1.807, 2.05) is 0 Å². The van der Waals surface area contributed by atoms with Crippen molar-refractivity contribution in [1.29, 1.82) is 0 Å². The zero-order chi connectivity index (χ0) is 11.1. The highest BCUT2D eigenvalue weighted by atomic mass is 16.7. The summed E-state index contributed by atoms with van der Waals surface area (Å²) in [6.45, 7) is 0. The third-order valence-corrected chi connectivity index (χ3v) is 1.84. The molecule has 0 heterocycles. The van der Waals surface area contributed by atoms with Gasteiger partial charge in [-0.1, -0.05) is 0 Å². The molecule has 0 aliphatic carbocycles. The van der Waals surface area contributed by atoms with Crippen LogP contribution in [0.1, 0.15) is 0 Å². The van der Waals surface area contributed by atoms with E-state index in [2.05, 4.69) is 0 Å². The molecular formula is C8H18O6. The standard InChI is InChI=1S/C8H18O6/c1-11-7(12-2)5(9)6(10)8(13-3)14-4/h5-10H,1-4H3. The van der Waals surface area contributed by atoms with Crippen LogP contribution in [-0.4, -0.2) is 63.4 Å². The molecule has 0 radical (unpaired) electrons. The molecule has 6 heteroatoms. The Kier molecular flexibility index (Phi) is 6.98. The highest BCUT2D eigenvalue weighted by molar-refractivity contribution is 4.73. The van der Waals surface area contributed by atoms with Gasteiger partial charge >= 0.3 is 0 Å². The summed E-state index contributed by atoms with van der Waals surface area (Å²) in [4.78, 5) is 0. The zero-order valence-corrected chi connectivity index (χ0v) is 8.84. The molecule has 0 aromatic heterocycles. The van der Waals surface area contributed by atoms with Crippen LogP contribution in [0.25, 0.3) is 0 Å². The van der Waals surface area contributed by atoms with Gasteiger partial charge in [-0.3, -0.25) is 0 Å². The summed E-state index contributed by atoms with van der Waals surface area (Å²) in [6, 6.07) is 0. The van der Waals surface area contributed by atoms with Crippen LogP contribution in [0.2, 0.25) is 0 Å². The highest BCUT2D eigenvalue weighted by Crippen LogP contribution is 2.10. The molecule has 0 amide bonds. The minimum absolute atomic E-state index is 0.919. The van der Waals surface area contributed by atoms with Crippen LogP contribution < -0.4 is 0 Å². The van der Waals surface area contributed by atoms with E-state index >= 15 is 0 Å². The third kappa shape index (κ3) is 3.49. The predicted molar refractivity (Wildman–Crippen MR) is 47.6 cm³/mol. The molecule has 86 valence electrons. The lowest BCUT2D eigenvalue weighted by Crippen LogP contribution is -2.47. The lowest BCUT2D eigenvalue weighted by molar-refractivity contribution is -0.242. The third-order valence-electron chi connectivity index (χ3n) is 1.84. The molecular weight excluding hydrogens is 192 g/mol. The van der Waals surface area contributed by atoms with Crippen LogP contribution in [0, 0.1) is 0 Å². The van der Waals surface area contributed by atoms with E-state index in [9.17, 15) is 10.2 Å². The zero-order valence-electron chi connectivity index (χ0n) is 8.84. The fraction of sp³-hybridized carbons (Fsp3) is 1.00. The van der Waals surface area contributed by atoms with Crippen LogP contribution in [0.3, 0.4) is 0 Å². The van der Waals surface area contributed by atoms with E-state index < -0.39 is 24.8 Å². The SMILES string of the molecule is COC(OC)C(O)C(O)C(OC)OC. The average Bonchev–Trinajstić information content (AvgIpc) is 2.21. The summed E-state index contributed by atoms with van der Waals surface area (Å²) < 4.78 is 19.1. The van der Waals surface area contributed by atoms with Crippen molar-refractivity contribution < 1.29 is 29.2 Å². The molecule has 0 aromatic rings. The summed E-state index contributed by atoms with van der Waals surface area (Å²) in [5, 5.41) is 19.1. The first-order valence-electron chi connectivity index (χ1n) is 4.09. The van der Waals surface area contributed by atoms with Crippen LogP contribution in [0.4, 0.5) is 0 Å². The lowest BCUT2D eigenvalue weighted by atomic mass is 10.2. The summed E-state index contributed by atoms with van der Waals surface area (Å²) in [5.41, 5.74) is 0. The van der Waals surface area contributed by atoms with E-state index in [0.717, 1.165) is 0 Å². The fourth-order valence-electron chi connectivity index (χ4n) is 1.07.